The predicted molar refractivity (Wildman–Crippen MR) is 122 cm³/mol. The molecule has 1 aliphatic carbocycles. The Morgan fingerprint density at radius 3 is 2.61 bits per heavy atom. The van der Waals surface area contributed by atoms with Crippen molar-refractivity contribution in [3.63, 3.8) is 0 Å². The number of carbonyl (C=O) groups excluding carboxylic acids is 3. The molecule has 0 saturated heterocycles. The van der Waals surface area contributed by atoms with E-state index >= 15 is 0 Å². The van der Waals surface area contributed by atoms with Gasteiger partial charge in [0.2, 0.25) is 5.91 Å². The number of anilines is 1. The average Bonchev–Trinajstić information content (AvgIpc) is 3.43. The summed E-state index contributed by atoms with van der Waals surface area (Å²) in [4.78, 5) is 36.6. The van der Waals surface area contributed by atoms with Crippen molar-refractivity contribution in [3.8, 4) is 11.5 Å². The molecule has 178 valence electrons. The van der Waals surface area contributed by atoms with Gasteiger partial charge in [0, 0.05) is 23.8 Å². The van der Waals surface area contributed by atoms with E-state index in [2.05, 4.69) is 21.0 Å². The number of aromatic nitrogens is 2. The first-order valence-corrected chi connectivity index (χ1v) is 11.1. The third kappa shape index (κ3) is 7.23. The second-order valence-corrected chi connectivity index (χ2v) is 8.31. The molecule has 10 heteroatoms. The molecule has 10 nitrogen and oxygen atoms in total. The molecule has 1 fully saturated rings. The van der Waals surface area contributed by atoms with Gasteiger partial charge in [-0.1, -0.05) is 12.8 Å². The van der Waals surface area contributed by atoms with E-state index in [9.17, 15) is 14.4 Å². The quantitative estimate of drug-likeness (QED) is 0.502. The van der Waals surface area contributed by atoms with E-state index in [-0.39, 0.29) is 43.0 Å². The van der Waals surface area contributed by atoms with Crippen LogP contribution in [-0.4, -0.2) is 53.3 Å². The highest BCUT2D eigenvalue weighted by Gasteiger charge is 2.18. The van der Waals surface area contributed by atoms with E-state index in [0.29, 0.717) is 22.7 Å². The fourth-order valence-corrected chi connectivity index (χ4v) is 3.64. The number of benzene rings is 1. The topological polar surface area (TPSA) is 124 Å². The summed E-state index contributed by atoms with van der Waals surface area (Å²) < 4.78 is 12.3. The summed E-state index contributed by atoms with van der Waals surface area (Å²) in [6, 6.07) is 4.95. The number of nitrogens with zero attached hydrogens (tertiary/aromatic N) is 2. The molecule has 3 N–H and O–H groups in total. The maximum Gasteiger partial charge on any atom is 0.258 e. The second-order valence-electron chi connectivity index (χ2n) is 8.31. The lowest BCUT2D eigenvalue weighted by Gasteiger charge is -2.13. The number of amides is 3. The smallest absolute Gasteiger partial charge is 0.258 e. The maximum atomic E-state index is 12.7. The van der Waals surface area contributed by atoms with Gasteiger partial charge >= 0.3 is 0 Å². The number of rotatable bonds is 10. The van der Waals surface area contributed by atoms with Crippen LogP contribution in [0, 0.1) is 0 Å². The zero-order valence-corrected chi connectivity index (χ0v) is 19.2. The minimum absolute atomic E-state index is 0.0140. The van der Waals surface area contributed by atoms with Gasteiger partial charge < -0.3 is 25.4 Å². The maximum absolute atomic E-state index is 12.7. The molecule has 33 heavy (non-hydrogen) atoms. The first kappa shape index (κ1) is 24.1. The van der Waals surface area contributed by atoms with Crippen molar-refractivity contribution in [2.24, 2.45) is 0 Å². The molecule has 1 aromatic carbocycles. The largest absolute Gasteiger partial charge is 0.493 e. The summed E-state index contributed by atoms with van der Waals surface area (Å²) in [6.07, 6.45) is 7.43. The number of hydrogen-bond acceptors (Lipinski definition) is 6. The summed E-state index contributed by atoms with van der Waals surface area (Å²) in [7, 11) is 1.46. The highest BCUT2D eigenvalue weighted by molar-refractivity contribution is 6.04. The molecule has 1 heterocycles. The number of methoxy groups -OCH3 is 1. The van der Waals surface area contributed by atoms with Crippen molar-refractivity contribution in [3.05, 3.63) is 36.2 Å². The van der Waals surface area contributed by atoms with Crippen molar-refractivity contribution in [1.82, 2.24) is 20.4 Å². The molecule has 0 bridgehead atoms. The fraction of sp³-hybridized carbons (Fsp3) is 0.478. The average molecular weight is 458 g/mol. The number of nitrogens with one attached hydrogen (secondary N) is 3. The number of hydrogen-bond donors (Lipinski definition) is 3. The van der Waals surface area contributed by atoms with Crippen LogP contribution in [0.3, 0.4) is 0 Å². The zero-order valence-electron chi connectivity index (χ0n) is 19.2. The predicted octanol–water partition coefficient (Wildman–Crippen LogP) is 2.11. The van der Waals surface area contributed by atoms with Crippen LogP contribution in [0.5, 0.6) is 11.5 Å². The third-order valence-electron chi connectivity index (χ3n) is 5.15. The van der Waals surface area contributed by atoms with Gasteiger partial charge in [-0.25, -0.2) is 0 Å². The van der Waals surface area contributed by atoms with E-state index in [4.69, 9.17) is 9.47 Å². The summed E-state index contributed by atoms with van der Waals surface area (Å²) in [6.45, 7) is 3.66. The number of ether oxygens (including phenoxy) is 2. The molecule has 0 spiro atoms. The van der Waals surface area contributed by atoms with E-state index in [1.165, 1.54) is 24.1 Å². The molecule has 1 aliphatic rings. The Hall–Kier alpha value is -3.56. The summed E-state index contributed by atoms with van der Waals surface area (Å²) >= 11 is 0. The molecular weight excluding hydrogens is 426 g/mol. The Labute approximate surface area is 193 Å². The standard InChI is InChI=1S/C23H31N5O5/c1-15(2)25-22(30)14-33-19-9-8-16(10-20(19)32-3)23(31)27-18-11-24-28(12-18)13-21(29)26-17-6-4-5-7-17/h8-12,15,17H,4-7,13-14H2,1-3H3,(H,25,30)(H,26,29)(H,27,31). The van der Waals surface area contributed by atoms with Crippen LogP contribution in [0.4, 0.5) is 5.69 Å². The van der Waals surface area contributed by atoms with Gasteiger partial charge in [-0.2, -0.15) is 5.10 Å². The van der Waals surface area contributed by atoms with Gasteiger partial charge in [-0.3, -0.25) is 19.1 Å². The van der Waals surface area contributed by atoms with Crippen LogP contribution in [0.2, 0.25) is 0 Å². The van der Waals surface area contributed by atoms with Gasteiger partial charge in [-0.05, 0) is 44.9 Å². The lowest BCUT2D eigenvalue weighted by atomic mass is 10.2. The molecule has 0 atom stereocenters. The van der Waals surface area contributed by atoms with E-state index < -0.39 is 0 Å². The third-order valence-corrected chi connectivity index (χ3v) is 5.15. The Morgan fingerprint density at radius 2 is 1.91 bits per heavy atom. The first-order chi connectivity index (χ1) is 15.8. The van der Waals surface area contributed by atoms with Gasteiger partial charge in [0.15, 0.2) is 18.1 Å². The van der Waals surface area contributed by atoms with E-state index in [1.807, 2.05) is 13.8 Å². The van der Waals surface area contributed by atoms with Gasteiger partial charge in [0.25, 0.3) is 11.8 Å². The van der Waals surface area contributed by atoms with Crippen LogP contribution in [0.15, 0.2) is 30.6 Å². The molecule has 1 aromatic heterocycles. The lowest BCUT2D eigenvalue weighted by Crippen LogP contribution is -2.35. The fourth-order valence-electron chi connectivity index (χ4n) is 3.64. The molecule has 0 aliphatic heterocycles. The second kappa shape index (κ2) is 11.3. The van der Waals surface area contributed by atoms with Crippen LogP contribution in [-0.2, 0) is 16.1 Å². The monoisotopic (exact) mass is 457 g/mol. The SMILES string of the molecule is COc1cc(C(=O)Nc2cnn(CC(=O)NC3CCCC3)c2)ccc1OCC(=O)NC(C)C. The van der Waals surface area contributed by atoms with Crippen molar-refractivity contribution in [2.45, 2.75) is 58.2 Å². The minimum Gasteiger partial charge on any atom is -0.493 e. The first-order valence-electron chi connectivity index (χ1n) is 11.1. The van der Waals surface area contributed by atoms with Gasteiger partial charge in [0.1, 0.15) is 6.54 Å². The van der Waals surface area contributed by atoms with Gasteiger partial charge in [0.05, 0.1) is 19.0 Å². The molecule has 0 radical (unpaired) electrons. The molecular formula is C23H31N5O5. The van der Waals surface area contributed by atoms with Crippen LogP contribution in [0.1, 0.15) is 49.9 Å². The van der Waals surface area contributed by atoms with E-state index in [0.717, 1.165) is 25.7 Å². The summed E-state index contributed by atoms with van der Waals surface area (Å²) in [5, 5.41) is 12.6. The molecule has 3 amide bonds. The summed E-state index contributed by atoms with van der Waals surface area (Å²) in [5.41, 5.74) is 0.816. The highest BCUT2D eigenvalue weighted by atomic mass is 16.5. The van der Waals surface area contributed by atoms with Crippen molar-refractivity contribution < 1.29 is 23.9 Å². The number of carbonyl (C=O) groups is 3. The lowest BCUT2D eigenvalue weighted by molar-refractivity contribution is -0.124. The Bertz CT molecular complexity index is 981. The summed E-state index contributed by atoms with van der Waals surface area (Å²) in [5.74, 6) is -0.0197. The van der Waals surface area contributed by atoms with Crippen molar-refractivity contribution >= 4 is 23.4 Å². The molecule has 3 rings (SSSR count). The normalized spacial score (nSPS) is 13.6. The van der Waals surface area contributed by atoms with Crippen LogP contribution in [0.25, 0.3) is 0 Å². The molecule has 1 saturated carbocycles. The molecule has 0 unspecified atom stereocenters. The highest BCUT2D eigenvalue weighted by Crippen LogP contribution is 2.28. The van der Waals surface area contributed by atoms with Crippen molar-refractivity contribution in [1.29, 1.82) is 0 Å². The zero-order chi connectivity index (χ0) is 23.8. The Kier molecular flexibility index (Phi) is 8.28. The van der Waals surface area contributed by atoms with Crippen molar-refractivity contribution in [2.75, 3.05) is 19.0 Å². The minimum atomic E-state index is -0.368. The Balaban J connectivity index is 1.55. The molecule has 2 aromatic rings. The van der Waals surface area contributed by atoms with Gasteiger partial charge in [-0.15, -0.1) is 0 Å². The Morgan fingerprint density at radius 1 is 1.15 bits per heavy atom. The van der Waals surface area contributed by atoms with Crippen LogP contribution >= 0.6 is 0 Å². The van der Waals surface area contributed by atoms with E-state index in [1.54, 1.807) is 18.3 Å². The van der Waals surface area contributed by atoms with Crippen LogP contribution < -0.4 is 25.4 Å².